The van der Waals surface area contributed by atoms with Gasteiger partial charge in [0.15, 0.2) is 5.78 Å². The fourth-order valence-electron chi connectivity index (χ4n) is 1.10. The predicted molar refractivity (Wildman–Crippen MR) is 57.7 cm³/mol. The second-order valence-corrected chi connectivity index (χ2v) is 3.92. The highest BCUT2D eigenvalue weighted by Gasteiger charge is 2.14. The van der Waals surface area contributed by atoms with E-state index in [1.165, 1.54) is 11.3 Å². The van der Waals surface area contributed by atoms with Gasteiger partial charge in [0.2, 0.25) is 0 Å². The maximum atomic E-state index is 11.7. The molecular weight excluding hydrogens is 204 g/mol. The predicted octanol–water partition coefficient (Wildman–Crippen LogP) is 3.94. The van der Waals surface area contributed by atoms with Crippen molar-refractivity contribution in [1.82, 2.24) is 0 Å². The summed E-state index contributed by atoms with van der Waals surface area (Å²) in [6, 6.07) is 1.75. The number of carbonyl (C=O) groups is 1. The molecule has 0 aliphatic carbocycles. The summed E-state index contributed by atoms with van der Waals surface area (Å²) in [5.41, 5.74) is 0.823. The lowest BCUT2D eigenvalue weighted by atomic mass is 10.1. The molecule has 0 bridgehead atoms. The highest BCUT2D eigenvalue weighted by Crippen LogP contribution is 2.25. The van der Waals surface area contributed by atoms with Crippen LogP contribution in [0.5, 0.6) is 0 Å². The monoisotopic (exact) mass is 214 g/mol. The molecule has 1 heterocycles. The molecule has 1 aromatic heterocycles. The lowest BCUT2D eigenvalue weighted by Crippen LogP contribution is -2.00. The van der Waals surface area contributed by atoms with Crippen LogP contribution in [-0.4, -0.2) is 5.78 Å². The SMILES string of the molecule is C/C=C(/CC)C(=O)c1sccc1Cl. The molecule has 0 saturated heterocycles. The highest BCUT2D eigenvalue weighted by molar-refractivity contribution is 7.13. The second-order valence-electron chi connectivity index (χ2n) is 2.59. The standard InChI is InChI=1S/C10H11ClOS/c1-3-7(4-2)9(12)10-8(11)5-6-13-10/h3,5-6H,4H2,1-2H3/b7-3-. The smallest absolute Gasteiger partial charge is 0.200 e. The Hall–Kier alpha value is -0.600. The van der Waals surface area contributed by atoms with Gasteiger partial charge in [0.1, 0.15) is 0 Å². The van der Waals surface area contributed by atoms with Crippen molar-refractivity contribution in [3.05, 3.63) is 33.0 Å². The molecule has 70 valence electrons. The molecular formula is C10H11ClOS. The molecule has 0 N–H and O–H groups in total. The Morgan fingerprint density at radius 3 is 2.77 bits per heavy atom. The van der Waals surface area contributed by atoms with Crippen LogP contribution in [-0.2, 0) is 0 Å². The fourth-order valence-corrected chi connectivity index (χ4v) is 2.21. The van der Waals surface area contributed by atoms with Crippen molar-refractivity contribution >= 4 is 28.7 Å². The van der Waals surface area contributed by atoms with Gasteiger partial charge in [-0.25, -0.2) is 0 Å². The molecule has 0 aliphatic rings. The van der Waals surface area contributed by atoms with Gasteiger partial charge in [-0.15, -0.1) is 11.3 Å². The molecule has 3 heteroatoms. The molecule has 1 rings (SSSR count). The zero-order valence-electron chi connectivity index (χ0n) is 7.63. The summed E-state index contributed by atoms with van der Waals surface area (Å²) in [6.45, 7) is 3.84. The molecule has 0 fully saturated rings. The first-order valence-corrected chi connectivity index (χ1v) is 5.39. The number of hydrogen-bond acceptors (Lipinski definition) is 2. The first kappa shape index (κ1) is 10.5. The van der Waals surface area contributed by atoms with E-state index in [0.717, 1.165) is 12.0 Å². The van der Waals surface area contributed by atoms with Crippen molar-refractivity contribution in [1.29, 1.82) is 0 Å². The van der Waals surface area contributed by atoms with Gasteiger partial charge in [-0.2, -0.15) is 0 Å². The first-order chi connectivity index (χ1) is 6.20. The summed E-state index contributed by atoms with van der Waals surface area (Å²) in [5.74, 6) is 0.0602. The summed E-state index contributed by atoms with van der Waals surface area (Å²) < 4.78 is 0. The fraction of sp³-hybridized carbons (Fsp3) is 0.300. The van der Waals surface area contributed by atoms with Crippen molar-refractivity contribution in [2.75, 3.05) is 0 Å². The van der Waals surface area contributed by atoms with Crippen LogP contribution in [0.2, 0.25) is 5.02 Å². The molecule has 0 aliphatic heterocycles. The number of ketones is 1. The van der Waals surface area contributed by atoms with Crippen molar-refractivity contribution < 1.29 is 4.79 Å². The largest absolute Gasteiger partial charge is 0.288 e. The molecule has 13 heavy (non-hydrogen) atoms. The van der Waals surface area contributed by atoms with Crippen LogP contribution in [0.1, 0.15) is 29.9 Å². The number of halogens is 1. The van der Waals surface area contributed by atoms with E-state index < -0.39 is 0 Å². The Morgan fingerprint density at radius 2 is 2.38 bits per heavy atom. The topological polar surface area (TPSA) is 17.1 Å². The van der Waals surface area contributed by atoms with Gasteiger partial charge in [0.25, 0.3) is 0 Å². The third kappa shape index (κ3) is 2.20. The van der Waals surface area contributed by atoms with Crippen LogP contribution < -0.4 is 0 Å². The number of rotatable bonds is 3. The van der Waals surface area contributed by atoms with E-state index in [0.29, 0.717) is 9.90 Å². The van der Waals surface area contributed by atoms with Crippen molar-refractivity contribution in [2.45, 2.75) is 20.3 Å². The summed E-state index contributed by atoms with van der Waals surface area (Å²) in [6.07, 6.45) is 2.60. The minimum absolute atomic E-state index is 0.0602. The summed E-state index contributed by atoms with van der Waals surface area (Å²) in [4.78, 5) is 12.4. The molecule has 0 spiro atoms. The number of carbonyl (C=O) groups excluding carboxylic acids is 1. The van der Waals surface area contributed by atoms with E-state index in [1.807, 2.05) is 25.3 Å². The first-order valence-electron chi connectivity index (χ1n) is 4.13. The van der Waals surface area contributed by atoms with Crippen molar-refractivity contribution in [2.24, 2.45) is 0 Å². The van der Waals surface area contributed by atoms with Crippen LogP contribution >= 0.6 is 22.9 Å². The normalized spacial score (nSPS) is 11.8. The van der Waals surface area contributed by atoms with E-state index in [1.54, 1.807) is 6.07 Å². The lowest BCUT2D eigenvalue weighted by molar-refractivity contribution is 0.103. The molecule has 0 amide bonds. The Kier molecular flexibility index (Phi) is 3.70. The van der Waals surface area contributed by atoms with Crippen LogP contribution in [0.4, 0.5) is 0 Å². The third-order valence-corrected chi connectivity index (χ3v) is 3.18. The molecule has 0 radical (unpaired) electrons. The summed E-state index contributed by atoms with van der Waals surface area (Å²) >= 11 is 7.25. The maximum Gasteiger partial charge on any atom is 0.200 e. The van der Waals surface area contributed by atoms with Gasteiger partial charge in [0, 0.05) is 0 Å². The second kappa shape index (κ2) is 4.58. The van der Waals surface area contributed by atoms with Crippen molar-refractivity contribution in [3.8, 4) is 0 Å². The number of hydrogen-bond donors (Lipinski definition) is 0. The Morgan fingerprint density at radius 1 is 1.69 bits per heavy atom. The van der Waals surface area contributed by atoms with Gasteiger partial charge in [-0.1, -0.05) is 24.6 Å². The quantitative estimate of drug-likeness (QED) is 0.550. The lowest BCUT2D eigenvalue weighted by Gasteiger charge is -2.00. The third-order valence-electron chi connectivity index (χ3n) is 1.84. The molecule has 0 aromatic carbocycles. The van der Waals surface area contributed by atoms with Crippen molar-refractivity contribution in [3.63, 3.8) is 0 Å². The average molecular weight is 215 g/mol. The van der Waals surface area contributed by atoms with Gasteiger partial charge in [-0.05, 0) is 30.4 Å². The zero-order valence-corrected chi connectivity index (χ0v) is 9.21. The Bertz CT molecular complexity index is 338. The Balaban J connectivity index is 2.98. The van der Waals surface area contributed by atoms with E-state index >= 15 is 0 Å². The molecule has 1 nitrogen and oxygen atoms in total. The summed E-state index contributed by atoms with van der Waals surface area (Å²) in [5, 5.41) is 2.39. The number of thiophene rings is 1. The summed E-state index contributed by atoms with van der Waals surface area (Å²) in [7, 11) is 0. The van der Waals surface area contributed by atoms with Crippen LogP contribution in [0.3, 0.4) is 0 Å². The Labute approximate surface area is 87.0 Å². The molecule has 1 aromatic rings. The van der Waals surface area contributed by atoms with E-state index in [2.05, 4.69) is 0 Å². The van der Waals surface area contributed by atoms with Gasteiger partial charge in [0.05, 0.1) is 9.90 Å². The maximum absolute atomic E-state index is 11.7. The minimum Gasteiger partial charge on any atom is -0.288 e. The van der Waals surface area contributed by atoms with E-state index in [-0.39, 0.29) is 5.78 Å². The van der Waals surface area contributed by atoms with Gasteiger partial charge < -0.3 is 0 Å². The molecule has 0 atom stereocenters. The van der Waals surface area contributed by atoms with Crippen LogP contribution in [0, 0.1) is 0 Å². The minimum atomic E-state index is 0.0602. The van der Waals surface area contributed by atoms with Gasteiger partial charge in [-0.3, -0.25) is 4.79 Å². The average Bonchev–Trinajstić information content (AvgIpc) is 2.53. The van der Waals surface area contributed by atoms with Gasteiger partial charge >= 0.3 is 0 Å². The molecule has 0 saturated carbocycles. The van der Waals surface area contributed by atoms with E-state index in [9.17, 15) is 4.79 Å². The zero-order chi connectivity index (χ0) is 9.84. The molecule has 0 unspecified atom stereocenters. The number of Topliss-reactive ketones (excluding diaryl/α,β-unsaturated/α-hetero) is 1. The number of allylic oxidation sites excluding steroid dienone is 2. The van der Waals surface area contributed by atoms with Crippen LogP contribution in [0.15, 0.2) is 23.1 Å². The highest BCUT2D eigenvalue weighted by atomic mass is 35.5. The van der Waals surface area contributed by atoms with E-state index in [4.69, 9.17) is 11.6 Å². The van der Waals surface area contributed by atoms with Crippen LogP contribution in [0.25, 0.3) is 0 Å².